The summed E-state index contributed by atoms with van der Waals surface area (Å²) in [6.07, 6.45) is 2.34. The molecule has 3 rings (SSSR count). The SMILES string of the molecule is NNc1nc(NCc2cc(Br)cs2)nc(N2CCCC2)n1. The summed E-state index contributed by atoms with van der Waals surface area (Å²) in [5.74, 6) is 7.02. The molecule has 1 aliphatic rings. The van der Waals surface area contributed by atoms with Crippen molar-refractivity contribution < 1.29 is 0 Å². The van der Waals surface area contributed by atoms with Gasteiger partial charge in [0, 0.05) is 27.8 Å². The number of anilines is 3. The molecule has 0 bridgehead atoms. The number of hydrogen-bond acceptors (Lipinski definition) is 8. The van der Waals surface area contributed by atoms with Gasteiger partial charge in [-0.3, -0.25) is 5.43 Å². The van der Waals surface area contributed by atoms with Crippen molar-refractivity contribution in [3.05, 3.63) is 20.8 Å². The zero-order chi connectivity index (χ0) is 14.7. The molecule has 1 saturated heterocycles. The Morgan fingerprint density at radius 2 is 2.00 bits per heavy atom. The van der Waals surface area contributed by atoms with Gasteiger partial charge in [0.2, 0.25) is 17.8 Å². The second-order valence-corrected chi connectivity index (χ2v) is 6.62. The van der Waals surface area contributed by atoms with Gasteiger partial charge in [0.05, 0.1) is 6.54 Å². The number of nitrogen functional groups attached to an aromatic ring is 1. The van der Waals surface area contributed by atoms with Crippen molar-refractivity contribution in [3.8, 4) is 0 Å². The monoisotopic (exact) mass is 369 g/mol. The van der Waals surface area contributed by atoms with Crippen LogP contribution in [-0.4, -0.2) is 28.0 Å². The zero-order valence-electron chi connectivity index (χ0n) is 11.3. The van der Waals surface area contributed by atoms with Crippen LogP contribution in [0.3, 0.4) is 0 Å². The minimum atomic E-state index is 0.377. The van der Waals surface area contributed by atoms with E-state index in [1.165, 1.54) is 17.7 Å². The number of halogens is 1. The van der Waals surface area contributed by atoms with E-state index in [1.54, 1.807) is 11.3 Å². The minimum absolute atomic E-state index is 0.377. The van der Waals surface area contributed by atoms with Crippen LogP contribution in [-0.2, 0) is 6.54 Å². The normalized spacial score (nSPS) is 14.5. The van der Waals surface area contributed by atoms with Gasteiger partial charge in [-0.05, 0) is 34.8 Å². The fourth-order valence-corrected chi connectivity index (χ4v) is 3.57. The van der Waals surface area contributed by atoms with Gasteiger partial charge in [0.1, 0.15) is 0 Å². The van der Waals surface area contributed by atoms with Crippen molar-refractivity contribution >= 4 is 45.1 Å². The van der Waals surface area contributed by atoms with E-state index < -0.39 is 0 Å². The average Bonchev–Trinajstić information content (AvgIpc) is 3.16. The van der Waals surface area contributed by atoms with Crippen LogP contribution in [0.4, 0.5) is 17.8 Å². The molecule has 0 aliphatic carbocycles. The summed E-state index contributed by atoms with van der Waals surface area (Å²) in [7, 11) is 0. The Kier molecular flexibility index (Phi) is 4.51. The maximum atomic E-state index is 5.44. The van der Waals surface area contributed by atoms with E-state index >= 15 is 0 Å². The van der Waals surface area contributed by atoms with E-state index in [2.05, 4.69) is 52.6 Å². The van der Waals surface area contributed by atoms with Crippen LogP contribution in [0.5, 0.6) is 0 Å². The van der Waals surface area contributed by atoms with E-state index in [0.717, 1.165) is 17.6 Å². The van der Waals surface area contributed by atoms with E-state index in [-0.39, 0.29) is 0 Å². The third kappa shape index (κ3) is 3.60. The number of hydrogen-bond donors (Lipinski definition) is 3. The molecule has 0 atom stereocenters. The minimum Gasteiger partial charge on any atom is -0.349 e. The van der Waals surface area contributed by atoms with Crippen molar-refractivity contribution in [2.45, 2.75) is 19.4 Å². The molecule has 2 aromatic rings. The molecule has 4 N–H and O–H groups in total. The lowest BCUT2D eigenvalue weighted by atomic mass is 10.4. The Bertz CT molecular complexity index is 611. The molecular formula is C12H16BrN7S. The fraction of sp³-hybridized carbons (Fsp3) is 0.417. The molecule has 0 amide bonds. The first-order valence-corrected chi connectivity index (χ1v) is 8.36. The number of nitrogens with two attached hydrogens (primary N) is 1. The largest absolute Gasteiger partial charge is 0.349 e. The van der Waals surface area contributed by atoms with E-state index in [4.69, 9.17) is 5.84 Å². The highest BCUT2D eigenvalue weighted by atomic mass is 79.9. The standard InChI is InChI=1S/C12H16BrN7S/c13-8-5-9(21-7-8)6-15-10-16-11(19-14)18-12(17-10)20-3-1-2-4-20/h5,7H,1-4,6,14H2,(H2,15,16,17,18,19). The first-order valence-electron chi connectivity index (χ1n) is 6.69. The van der Waals surface area contributed by atoms with Gasteiger partial charge in [-0.15, -0.1) is 11.3 Å². The number of aromatic nitrogens is 3. The second kappa shape index (κ2) is 6.54. The summed E-state index contributed by atoms with van der Waals surface area (Å²) in [6.45, 7) is 2.63. The Balaban J connectivity index is 1.75. The molecule has 21 heavy (non-hydrogen) atoms. The summed E-state index contributed by atoms with van der Waals surface area (Å²) < 4.78 is 1.09. The lowest BCUT2D eigenvalue weighted by Gasteiger charge is -2.16. The highest BCUT2D eigenvalue weighted by Crippen LogP contribution is 2.21. The number of hydrazine groups is 1. The van der Waals surface area contributed by atoms with Crippen molar-refractivity contribution in [3.63, 3.8) is 0 Å². The maximum Gasteiger partial charge on any atom is 0.243 e. The van der Waals surface area contributed by atoms with Crippen molar-refractivity contribution in [2.75, 3.05) is 28.7 Å². The van der Waals surface area contributed by atoms with Gasteiger partial charge in [-0.25, -0.2) is 5.84 Å². The summed E-state index contributed by atoms with van der Waals surface area (Å²) in [6, 6.07) is 2.07. The topological polar surface area (TPSA) is 92.0 Å². The third-order valence-corrected chi connectivity index (χ3v) is 4.88. The van der Waals surface area contributed by atoms with Crippen LogP contribution in [0, 0.1) is 0 Å². The van der Waals surface area contributed by atoms with Crippen molar-refractivity contribution in [1.82, 2.24) is 15.0 Å². The Labute approximate surface area is 135 Å². The van der Waals surface area contributed by atoms with E-state index in [0.29, 0.717) is 24.4 Å². The highest BCUT2D eigenvalue weighted by molar-refractivity contribution is 9.10. The molecule has 1 aliphatic heterocycles. The molecule has 1 fully saturated rings. The van der Waals surface area contributed by atoms with Crippen LogP contribution >= 0.6 is 27.3 Å². The number of nitrogens with one attached hydrogen (secondary N) is 2. The highest BCUT2D eigenvalue weighted by Gasteiger charge is 2.17. The quantitative estimate of drug-likeness (QED) is 0.549. The first kappa shape index (κ1) is 14.5. The van der Waals surface area contributed by atoms with E-state index in [9.17, 15) is 0 Å². The second-order valence-electron chi connectivity index (χ2n) is 4.71. The Morgan fingerprint density at radius 1 is 1.24 bits per heavy atom. The van der Waals surface area contributed by atoms with Gasteiger partial charge in [0.25, 0.3) is 0 Å². The van der Waals surface area contributed by atoms with Gasteiger partial charge >= 0.3 is 0 Å². The molecule has 3 heterocycles. The lowest BCUT2D eigenvalue weighted by molar-refractivity contribution is 0.876. The summed E-state index contributed by atoms with van der Waals surface area (Å²) in [5, 5.41) is 5.27. The molecular weight excluding hydrogens is 354 g/mol. The van der Waals surface area contributed by atoms with Crippen LogP contribution in [0.2, 0.25) is 0 Å². The maximum absolute atomic E-state index is 5.44. The molecule has 0 saturated carbocycles. The first-order chi connectivity index (χ1) is 10.2. The smallest absolute Gasteiger partial charge is 0.243 e. The molecule has 7 nitrogen and oxygen atoms in total. The van der Waals surface area contributed by atoms with Crippen molar-refractivity contribution in [1.29, 1.82) is 0 Å². The summed E-state index contributed by atoms with van der Waals surface area (Å²) in [4.78, 5) is 16.4. The molecule has 9 heteroatoms. The Hall–Kier alpha value is -1.45. The third-order valence-electron chi connectivity index (χ3n) is 3.18. The van der Waals surface area contributed by atoms with Crippen LogP contribution in [0.1, 0.15) is 17.7 Å². The number of nitrogens with zero attached hydrogens (tertiary/aromatic N) is 4. The molecule has 0 spiro atoms. The van der Waals surface area contributed by atoms with Gasteiger partial charge in [0.15, 0.2) is 0 Å². The lowest BCUT2D eigenvalue weighted by Crippen LogP contribution is -2.23. The average molecular weight is 370 g/mol. The molecule has 0 unspecified atom stereocenters. The Morgan fingerprint density at radius 3 is 2.67 bits per heavy atom. The summed E-state index contributed by atoms with van der Waals surface area (Å²) >= 11 is 5.12. The molecule has 112 valence electrons. The van der Waals surface area contributed by atoms with Gasteiger partial charge in [-0.2, -0.15) is 15.0 Å². The zero-order valence-corrected chi connectivity index (χ0v) is 13.7. The van der Waals surface area contributed by atoms with Gasteiger partial charge < -0.3 is 10.2 Å². The van der Waals surface area contributed by atoms with Crippen LogP contribution < -0.4 is 21.5 Å². The van der Waals surface area contributed by atoms with Gasteiger partial charge in [-0.1, -0.05) is 0 Å². The predicted molar refractivity (Wildman–Crippen MR) is 88.4 cm³/mol. The molecule has 0 radical (unpaired) electrons. The predicted octanol–water partition coefficient (Wildman–Crippen LogP) is 2.19. The number of thiophene rings is 1. The van der Waals surface area contributed by atoms with Crippen LogP contribution in [0.15, 0.2) is 15.9 Å². The number of rotatable bonds is 5. The van der Waals surface area contributed by atoms with Crippen molar-refractivity contribution in [2.24, 2.45) is 5.84 Å². The molecule has 2 aromatic heterocycles. The van der Waals surface area contributed by atoms with Crippen LogP contribution in [0.25, 0.3) is 0 Å². The summed E-state index contributed by atoms with van der Waals surface area (Å²) in [5.41, 5.74) is 2.50. The fourth-order valence-electron chi connectivity index (χ4n) is 2.18. The molecule has 0 aromatic carbocycles. The van der Waals surface area contributed by atoms with E-state index in [1.807, 2.05) is 5.38 Å².